The summed E-state index contributed by atoms with van der Waals surface area (Å²) in [7, 11) is 0. The molecule has 2 saturated heterocycles. The Hall–Kier alpha value is -0.330. The zero-order valence-electron chi connectivity index (χ0n) is 9.76. The number of hydrogen-bond acceptors (Lipinski definition) is 3. The normalized spacial score (nSPS) is 28.2. The lowest BCUT2D eigenvalue weighted by Crippen LogP contribution is -2.64. The molecule has 100 valence electrons. The standard InChI is InChI=1S/C11H19F3N2O/c12-11(13,14)10(3-5-15-6-4-10)16-7-1-9(17)2-8-16/h9,15,17H,1-8H2. The van der Waals surface area contributed by atoms with Gasteiger partial charge in [0.2, 0.25) is 0 Å². The maximum atomic E-state index is 13.3. The molecule has 0 aromatic carbocycles. The van der Waals surface area contributed by atoms with E-state index in [1.807, 2.05) is 0 Å². The Labute approximate surface area is 99.0 Å². The molecule has 2 fully saturated rings. The van der Waals surface area contributed by atoms with Gasteiger partial charge in [-0.25, -0.2) is 0 Å². The Kier molecular flexibility index (Phi) is 3.66. The van der Waals surface area contributed by atoms with Crippen LogP contribution in [0.15, 0.2) is 0 Å². The number of likely N-dealkylation sites (tertiary alicyclic amines) is 1. The van der Waals surface area contributed by atoms with Crippen molar-refractivity contribution in [2.75, 3.05) is 26.2 Å². The van der Waals surface area contributed by atoms with Crippen LogP contribution in [0.4, 0.5) is 13.2 Å². The highest BCUT2D eigenvalue weighted by molar-refractivity contribution is 5.01. The number of halogens is 3. The lowest BCUT2D eigenvalue weighted by Gasteiger charge is -2.49. The molecule has 17 heavy (non-hydrogen) atoms. The third-order valence-electron chi connectivity index (χ3n) is 4.03. The minimum atomic E-state index is -4.18. The van der Waals surface area contributed by atoms with Gasteiger partial charge in [0.25, 0.3) is 0 Å². The summed E-state index contributed by atoms with van der Waals surface area (Å²) >= 11 is 0. The minimum Gasteiger partial charge on any atom is -0.393 e. The monoisotopic (exact) mass is 252 g/mol. The first-order chi connectivity index (χ1) is 7.96. The van der Waals surface area contributed by atoms with Gasteiger partial charge in [-0.1, -0.05) is 0 Å². The molecule has 2 aliphatic rings. The Balaban J connectivity index is 2.15. The van der Waals surface area contributed by atoms with E-state index in [0.717, 1.165) is 0 Å². The van der Waals surface area contributed by atoms with Crippen LogP contribution in [0, 0.1) is 0 Å². The van der Waals surface area contributed by atoms with Crippen molar-refractivity contribution in [3.63, 3.8) is 0 Å². The maximum absolute atomic E-state index is 13.3. The quantitative estimate of drug-likeness (QED) is 0.734. The number of aliphatic hydroxyl groups excluding tert-OH is 1. The molecular formula is C11H19F3N2O. The lowest BCUT2D eigenvalue weighted by atomic mass is 9.84. The summed E-state index contributed by atoms with van der Waals surface area (Å²) in [6.07, 6.45) is -3.48. The molecule has 0 aliphatic carbocycles. The molecule has 0 amide bonds. The Bertz CT molecular complexity index is 256. The van der Waals surface area contributed by atoms with Gasteiger partial charge in [-0.15, -0.1) is 0 Å². The summed E-state index contributed by atoms with van der Waals surface area (Å²) in [4.78, 5) is 1.54. The van der Waals surface area contributed by atoms with Crippen LogP contribution in [-0.4, -0.2) is 54.0 Å². The van der Waals surface area contributed by atoms with Crippen molar-refractivity contribution < 1.29 is 18.3 Å². The zero-order chi connectivity index (χ0) is 12.5. The molecule has 2 rings (SSSR count). The second-order valence-electron chi connectivity index (χ2n) is 5.00. The van der Waals surface area contributed by atoms with Crippen LogP contribution in [0.25, 0.3) is 0 Å². The molecule has 6 heteroatoms. The molecule has 0 atom stereocenters. The van der Waals surface area contributed by atoms with E-state index < -0.39 is 17.8 Å². The van der Waals surface area contributed by atoms with E-state index in [4.69, 9.17) is 0 Å². The average Bonchev–Trinajstić information content (AvgIpc) is 2.29. The van der Waals surface area contributed by atoms with E-state index >= 15 is 0 Å². The molecular weight excluding hydrogens is 233 g/mol. The molecule has 0 spiro atoms. The summed E-state index contributed by atoms with van der Waals surface area (Å²) < 4.78 is 40.0. The van der Waals surface area contributed by atoms with Crippen LogP contribution in [0.1, 0.15) is 25.7 Å². The van der Waals surface area contributed by atoms with Crippen LogP contribution >= 0.6 is 0 Å². The van der Waals surface area contributed by atoms with E-state index in [2.05, 4.69) is 5.32 Å². The summed E-state index contributed by atoms with van der Waals surface area (Å²) in [5, 5.41) is 12.4. The number of nitrogens with one attached hydrogen (secondary N) is 1. The highest BCUT2D eigenvalue weighted by Gasteiger charge is 2.58. The first-order valence-electron chi connectivity index (χ1n) is 6.16. The number of piperidine rings is 2. The topological polar surface area (TPSA) is 35.5 Å². The lowest BCUT2D eigenvalue weighted by molar-refractivity contribution is -0.245. The summed E-state index contributed by atoms with van der Waals surface area (Å²) in [6.45, 7) is 1.53. The second kappa shape index (κ2) is 4.74. The van der Waals surface area contributed by atoms with E-state index in [1.54, 1.807) is 4.90 Å². The number of alkyl halides is 3. The molecule has 2 N–H and O–H groups in total. The highest BCUT2D eigenvalue weighted by atomic mass is 19.4. The van der Waals surface area contributed by atoms with Crippen molar-refractivity contribution >= 4 is 0 Å². The predicted molar refractivity (Wildman–Crippen MR) is 57.7 cm³/mol. The molecule has 0 saturated carbocycles. The van der Waals surface area contributed by atoms with E-state index in [1.165, 1.54) is 0 Å². The van der Waals surface area contributed by atoms with E-state index in [0.29, 0.717) is 39.0 Å². The summed E-state index contributed by atoms with van der Waals surface area (Å²) in [5.41, 5.74) is -1.67. The van der Waals surface area contributed by atoms with Crippen molar-refractivity contribution in [2.45, 2.75) is 43.5 Å². The van der Waals surface area contributed by atoms with Gasteiger partial charge >= 0.3 is 6.18 Å². The van der Waals surface area contributed by atoms with Gasteiger partial charge in [-0.2, -0.15) is 13.2 Å². The van der Waals surface area contributed by atoms with Gasteiger partial charge in [0.15, 0.2) is 0 Å². The fraction of sp³-hybridized carbons (Fsp3) is 1.00. The summed E-state index contributed by atoms with van der Waals surface area (Å²) in [6, 6.07) is 0. The van der Waals surface area contributed by atoms with Gasteiger partial charge in [-0.05, 0) is 38.8 Å². The van der Waals surface area contributed by atoms with Gasteiger partial charge in [0.05, 0.1) is 6.10 Å². The van der Waals surface area contributed by atoms with Gasteiger partial charge in [0.1, 0.15) is 5.54 Å². The van der Waals surface area contributed by atoms with Crippen LogP contribution in [0.5, 0.6) is 0 Å². The average molecular weight is 252 g/mol. The largest absolute Gasteiger partial charge is 0.406 e. The maximum Gasteiger partial charge on any atom is 0.406 e. The smallest absolute Gasteiger partial charge is 0.393 e. The number of hydrogen-bond donors (Lipinski definition) is 2. The SMILES string of the molecule is OC1CCN(C2(C(F)(F)F)CCNCC2)CC1. The number of rotatable bonds is 1. The van der Waals surface area contributed by atoms with Crippen LogP contribution < -0.4 is 5.32 Å². The van der Waals surface area contributed by atoms with Crippen molar-refractivity contribution in [3.8, 4) is 0 Å². The van der Waals surface area contributed by atoms with Crippen molar-refractivity contribution in [2.24, 2.45) is 0 Å². The molecule has 0 aromatic heterocycles. The fourth-order valence-electron chi connectivity index (χ4n) is 2.91. The van der Waals surface area contributed by atoms with Crippen molar-refractivity contribution in [1.82, 2.24) is 10.2 Å². The van der Waals surface area contributed by atoms with E-state index in [9.17, 15) is 18.3 Å². The van der Waals surface area contributed by atoms with Gasteiger partial charge < -0.3 is 10.4 Å². The van der Waals surface area contributed by atoms with Crippen molar-refractivity contribution in [1.29, 1.82) is 0 Å². The minimum absolute atomic E-state index is 0.118. The second-order valence-corrected chi connectivity index (χ2v) is 5.00. The Morgan fingerprint density at radius 3 is 2.12 bits per heavy atom. The Morgan fingerprint density at radius 1 is 1.12 bits per heavy atom. The zero-order valence-corrected chi connectivity index (χ0v) is 9.76. The highest BCUT2D eigenvalue weighted by Crippen LogP contribution is 2.43. The molecule has 3 nitrogen and oxygen atoms in total. The van der Waals surface area contributed by atoms with Gasteiger partial charge in [0, 0.05) is 13.1 Å². The van der Waals surface area contributed by atoms with Crippen molar-refractivity contribution in [3.05, 3.63) is 0 Å². The van der Waals surface area contributed by atoms with Crippen LogP contribution in [-0.2, 0) is 0 Å². The molecule has 0 unspecified atom stereocenters. The molecule has 2 aliphatic heterocycles. The third kappa shape index (κ3) is 2.44. The van der Waals surface area contributed by atoms with E-state index in [-0.39, 0.29) is 12.8 Å². The molecule has 0 aromatic rings. The molecule has 0 bridgehead atoms. The van der Waals surface area contributed by atoms with Crippen LogP contribution in [0.2, 0.25) is 0 Å². The van der Waals surface area contributed by atoms with Crippen LogP contribution in [0.3, 0.4) is 0 Å². The first-order valence-corrected chi connectivity index (χ1v) is 6.16. The fourth-order valence-corrected chi connectivity index (χ4v) is 2.91. The third-order valence-corrected chi connectivity index (χ3v) is 4.03. The predicted octanol–water partition coefficient (Wildman–Crippen LogP) is 1.13. The Morgan fingerprint density at radius 2 is 1.65 bits per heavy atom. The summed E-state index contributed by atoms with van der Waals surface area (Å²) in [5.74, 6) is 0. The molecule has 2 heterocycles. The molecule has 0 radical (unpaired) electrons. The van der Waals surface area contributed by atoms with Gasteiger partial charge in [-0.3, -0.25) is 4.90 Å². The number of aliphatic hydroxyl groups is 1. The first kappa shape index (κ1) is 13.1. The number of nitrogens with zero attached hydrogens (tertiary/aromatic N) is 1.